The first-order chi connectivity index (χ1) is 10.4. The Labute approximate surface area is 127 Å². The summed E-state index contributed by atoms with van der Waals surface area (Å²) < 4.78 is 0. The van der Waals surface area contributed by atoms with E-state index in [4.69, 9.17) is 0 Å². The van der Waals surface area contributed by atoms with E-state index in [-0.39, 0.29) is 11.6 Å². The van der Waals surface area contributed by atoms with Crippen molar-refractivity contribution in [2.45, 2.75) is 32.6 Å². The fraction of sp³-hybridized carbons (Fsp3) is 0.467. The summed E-state index contributed by atoms with van der Waals surface area (Å²) in [4.78, 5) is 33.9. The maximum atomic E-state index is 12.4. The largest absolute Gasteiger partial charge is 0.481 e. The lowest BCUT2D eigenvalue weighted by Crippen LogP contribution is -2.36. The topological polar surface area (TPSA) is 110 Å². The van der Waals surface area contributed by atoms with Crippen LogP contribution in [0.1, 0.15) is 31.2 Å². The normalized spacial score (nSPS) is 21.1. The zero-order chi connectivity index (χ0) is 16.3. The molecule has 7 heteroatoms. The molecule has 0 heterocycles. The van der Waals surface area contributed by atoms with Crippen LogP contribution in [0.25, 0.3) is 0 Å². The number of aryl methyl sites for hydroxylation is 1. The van der Waals surface area contributed by atoms with E-state index >= 15 is 0 Å². The number of nitrogens with one attached hydrogen (secondary N) is 1. The van der Waals surface area contributed by atoms with Crippen molar-refractivity contribution in [3.63, 3.8) is 0 Å². The molecule has 2 rings (SSSR count). The second-order valence-electron chi connectivity index (χ2n) is 5.58. The van der Waals surface area contributed by atoms with Crippen LogP contribution in [0, 0.1) is 28.9 Å². The fourth-order valence-corrected chi connectivity index (χ4v) is 2.82. The minimum absolute atomic E-state index is 0.112. The van der Waals surface area contributed by atoms with Gasteiger partial charge in [0.25, 0.3) is 5.69 Å². The molecule has 1 aliphatic rings. The third-order valence-electron chi connectivity index (χ3n) is 4.11. The quantitative estimate of drug-likeness (QED) is 0.656. The molecule has 2 atom stereocenters. The van der Waals surface area contributed by atoms with Gasteiger partial charge in [0.2, 0.25) is 5.91 Å². The van der Waals surface area contributed by atoms with E-state index in [1.807, 2.05) is 0 Å². The lowest BCUT2D eigenvalue weighted by Gasteiger charge is -2.27. The first-order valence-electron chi connectivity index (χ1n) is 7.19. The SMILES string of the molecule is Cc1ccc([N+](=O)[O-])cc1NC(=O)C1CCCC[C@@H]1C(=O)O. The van der Waals surface area contributed by atoms with Crippen molar-refractivity contribution in [2.24, 2.45) is 11.8 Å². The number of carbonyl (C=O) groups is 2. The molecule has 1 aromatic rings. The molecule has 1 saturated carbocycles. The van der Waals surface area contributed by atoms with E-state index in [2.05, 4.69) is 5.32 Å². The highest BCUT2D eigenvalue weighted by atomic mass is 16.6. The number of non-ortho nitro benzene ring substituents is 1. The van der Waals surface area contributed by atoms with Crippen LogP contribution in [-0.4, -0.2) is 21.9 Å². The van der Waals surface area contributed by atoms with Gasteiger partial charge >= 0.3 is 5.97 Å². The number of benzene rings is 1. The van der Waals surface area contributed by atoms with Gasteiger partial charge in [-0.2, -0.15) is 0 Å². The van der Waals surface area contributed by atoms with Gasteiger partial charge in [0.05, 0.1) is 22.4 Å². The minimum Gasteiger partial charge on any atom is -0.481 e. The molecule has 0 spiro atoms. The number of rotatable bonds is 4. The van der Waals surface area contributed by atoms with Gasteiger partial charge in [-0.05, 0) is 25.3 Å². The molecule has 0 aliphatic heterocycles. The lowest BCUT2D eigenvalue weighted by atomic mass is 9.78. The summed E-state index contributed by atoms with van der Waals surface area (Å²) in [5.74, 6) is -2.62. The summed E-state index contributed by atoms with van der Waals surface area (Å²) in [6, 6.07) is 4.22. The molecule has 2 N–H and O–H groups in total. The molecular formula is C15H18N2O5. The Bertz CT molecular complexity index is 614. The van der Waals surface area contributed by atoms with Crippen molar-refractivity contribution in [3.8, 4) is 0 Å². The Morgan fingerprint density at radius 2 is 1.91 bits per heavy atom. The second kappa shape index (κ2) is 6.55. The van der Waals surface area contributed by atoms with E-state index in [1.165, 1.54) is 12.1 Å². The smallest absolute Gasteiger partial charge is 0.307 e. The van der Waals surface area contributed by atoms with Crippen LogP contribution >= 0.6 is 0 Å². The standard InChI is InChI=1S/C15H18N2O5/c1-9-6-7-10(17(21)22)8-13(9)16-14(18)11-4-2-3-5-12(11)15(19)20/h6-8,11-12H,2-5H2,1H3,(H,16,18)(H,19,20)/t11?,12-/m0/s1. The minimum atomic E-state index is -0.962. The number of hydrogen-bond acceptors (Lipinski definition) is 4. The molecule has 1 unspecified atom stereocenters. The number of carboxylic acids is 1. The average molecular weight is 306 g/mol. The number of carboxylic acid groups (broad SMARTS) is 1. The van der Waals surface area contributed by atoms with Crippen molar-refractivity contribution in [2.75, 3.05) is 5.32 Å². The predicted octanol–water partition coefficient (Wildman–Crippen LogP) is 2.73. The zero-order valence-corrected chi connectivity index (χ0v) is 12.2. The van der Waals surface area contributed by atoms with E-state index in [1.54, 1.807) is 13.0 Å². The van der Waals surface area contributed by atoms with Crippen molar-refractivity contribution >= 4 is 23.3 Å². The van der Waals surface area contributed by atoms with Gasteiger partial charge in [0, 0.05) is 12.1 Å². The predicted molar refractivity (Wildman–Crippen MR) is 79.5 cm³/mol. The second-order valence-corrected chi connectivity index (χ2v) is 5.58. The number of anilines is 1. The van der Waals surface area contributed by atoms with E-state index < -0.39 is 22.7 Å². The van der Waals surface area contributed by atoms with E-state index in [0.717, 1.165) is 12.8 Å². The van der Waals surface area contributed by atoms with Crippen LogP contribution < -0.4 is 5.32 Å². The Hall–Kier alpha value is -2.44. The van der Waals surface area contributed by atoms with Crippen molar-refractivity contribution < 1.29 is 19.6 Å². The van der Waals surface area contributed by atoms with E-state index in [0.29, 0.717) is 24.1 Å². The van der Waals surface area contributed by atoms with Crippen molar-refractivity contribution in [3.05, 3.63) is 33.9 Å². The zero-order valence-electron chi connectivity index (χ0n) is 12.2. The molecule has 118 valence electrons. The number of aliphatic carboxylic acids is 1. The summed E-state index contributed by atoms with van der Waals surface area (Å²) in [6.07, 6.45) is 2.63. The molecule has 0 radical (unpaired) electrons. The van der Waals surface area contributed by atoms with Crippen molar-refractivity contribution in [1.82, 2.24) is 0 Å². The molecule has 0 aromatic heterocycles. The van der Waals surface area contributed by atoms with Crippen LogP contribution in [0.3, 0.4) is 0 Å². The molecule has 22 heavy (non-hydrogen) atoms. The summed E-state index contributed by atoms with van der Waals surface area (Å²) in [7, 11) is 0. The molecule has 0 bridgehead atoms. The van der Waals surface area contributed by atoms with Crippen LogP contribution in [-0.2, 0) is 9.59 Å². The highest BCUT2D eigenvalue weighted by Crippen LogP contribution is 2.32. The Morgan fingerprint density at radius 1 is 1.27 bits per heavy atom. The third kappa shape index (κ3) is 3.41. The molecule has 7 nitrogen and oxygen atoms in total. The maximum Gasteiger partial charge on any atom is 0.307 e. The third-order valence-corrected chi connectivity index (χ3v) is 4.11. The van der Waals surface area contributed by atoms with Crippen LogP contribution in [0.4, 0.5) is 11.4 Å². The first-order valence-corrected chi connectivity index (χ1v) is 7.19. The van der Waals surface area contributed by atoms with Gasteiger partial charge in [-0.15, -0.1) is 0 Å². The molecule has 0 saturated heterocycles. The molecular weight excluding hydrogens is 288 g/mol. The highest BCUT2D eigenvalue weighted by molar-refractivity contribution is 5.96. The Balaban J connectivity index is 2.19. The molecule has 1 aliphatic carbocycles. The van der Waals surface area contributed by atoms with Gasteiger partial charge < -0.3 is 10.4 Å². The number of amides is 1. The van der Waals surface area contributed by atoms with Crippen molar-refractivity contribution in [1.29, 1.82) is 0 Å². The summed E-state index contributed by atoms with van der Waals surface area (Å²) in [5, 5.41) is 22.7. The average Bonchev–Trinajstić information content (AvgIpc) is 2.49. The number of nitrogens with zero attached hydrogens (tertiary/aromatic N) is 1. The summed E-state index contributed by atoms with van der Waals surface area (Å²) >= 11 is 0. The van der Waals surface area contributed by atoms with Gasteiger partial charge in [-0.25, -0.2) is 0 Å². The number of carbonyl (C=O) groups excluding carboxylic acids is 1. The van der Waals surface area contributed by atoms with Gasteiger partial charge in [-0.3, -0.25) is 19.7 Å². The van der Waals surface area contributed by atoms with E-state index in [9.17, 15) is 24.8 Å². The monoisotopic (exact) mass is 306 g/mol. The number of hydrogen-bond donors (Lipinski definition) is 2. The molecule has 1 aromatic carbocycles. The number of nitro benzene ring substituents is 1. The Kier molecular flexibility index (Phi) is 4.75. The van der Waals surface area contributed by atoms with Crippen LogP contribution in [0.5, 0.6) is 0 Å². The highest BCUT2D eigenvalue weighted by Gasteiger charge is 2.35. The van der Waals surface area contributed by atoms with Gasteiger partial charge in [0.15, 0.2) is 0 Å². The van der Waals surface area contributed by atoms with Crippen LogP contribution in [0.2, 0.25) is 0 Å². The van der Waals surface area contributed by atoms with Gasteiger partial charge in [0.1, 0.15) is 0 Å². The molecule has 1 amide bonds. The maximum absolute atomic E-state index is 12.4. The summed E-state index contributed by atoms with van der Waals surface area (Å²) in [5.41, 5.74) is 0.940. The van der Waals surface area contributed by atoms with Crippen LogP contribution in [0.15, 0.2) is 18.2 Å². The number of nitro groups is 1. The first kappa shape index (κ1) is 15.9. The van der Waals surface area contributed by atoms with Gasteiger partial charge in [-0.1, -0.05) is 18.9 Å². The summed E-state index contributed by atoms with van der Waals surface area (Å²) in [6.45, 7) is 1.73. The lowest BCUT2D eigenvalue weighted by molar-refractivity contribution is -0.384. The Morgan fingerprint density at radius 3 is 2.50 bits per heavy atom. The fourth-order valence-electron chi connectivity index (χ4n) is 2.82. The molecule has 1 fully saturated rings.